The minimum absolute atomic E-state index is 0.0918. The molecule has 0 aliphatic carbocycles. The van der Waals surface area contributed by atoms with Gasteiger partial charge < -0.3 is 10.9 Å². The van der Waals surface area contributed by atoms with Gasteiger partial charge in [0, 0.05) is 10.5 Å². The van der Waals surface area contributed by atoms with Crippen LogP contribution in [-0.2, 0) is 6.18 Å². The number of nitrogens with zero attached hydrogens (tertiary/aromatic N) is 1. The number of oxime groups is 1. The van der Waals surface area contributed by atoms with E-state index < -0.39 is 11.7 Å². The predicted molar refractivity (Wildman–Crippen MR) is 60.4 cm³/mol. The highest BCUT2D eigenvalue weighted by Crippen LogP contribution is 2.33. The summed E-state index contributed by atoms with van der Waals surface area (Å²) in [6.07, 6.45) is -4.44. The molecule has 0 unspecified atom stereocenters. The largest absolute Gasteiger partial charge is 0.416 e. The first-order chi connectivity index (χ1) is 7.90. The van der Waals surface area contributed by atoms with E-state index in [-0.39, 0.29) is 11.4 Å². The van der Waals surface area contributed by atoms with Gasteiger partial charge in [-0.25, -0.2) is 0 Å². The summed E-state index contributed by atoms with van der Waals surface area (Å²) in [6, 6.07) is 3.18. The predicted octanol–water partition coefficient (Wildman–Crippen LogP) is 2.91. The Hall–Kier alpha value is -1.37. The monoisotopic (exact) mass is 264 g/mol. The van der Waals surface area contributed by atoms with E-state index in [1.54, 1.807) is 0 Å². The van der Waals surface area contributed by atoms with E-state index in [4.69, 9.17) is 10.9 Å². The van der Waals surface area contributed by atoms with Crippen LogP contribution in [0.2, 0.25) is 0 Å². The Kier molecular flexibility index (Phi) is 4.28. The third kappa shape index (κ3) is 3.29. The van der Waals surface area contributed by atoms with Crippen LogP contribution in [0.4, 0.5) is 13.2 Å². The molecule has 0 radical (unpaired) electrons. The Morgan fingerprint density at radius 2 is 2.12 bits per heavy atom. The molecule has 7 heteroatoms. The van der Waals surface area contributed by atoms with Gasteiger partial charge in [0.25, 0.3) is 0 Å². The van der Waals surface area contributed by atoms with Gasteiger partial charge in [0.2, 0.25) is 0 Å². The molecule has 0 fully saturated rings. The van der Waals surface area contributed by atoms with Gasteiger partial charge in [-0.1, -0.05) is 12.1 Å². The van der Waals surface area contributed by atoms with Crippen molar-refractivity contribution < 1.29 is 18.4 Å². The molecule has 0 saturated heterocycles. The molecule has 3 N–H and O–H groups in total. The molecule has 0 aliphatic heterocycles. The Morgan fingerprint density at radius 1 is 1.47 bits per heavy atom. The van der Waals surface area contributed by atoms with Crippen LogP contribution in [0.5, 0.6) is 0 Å². The number of alkyl halides is 3. The molecular weight excluding hydrogens is 253 g/mol. The zero-order valence-electron chi connectivity index (χ0n) is 8.95. The number of rotatable bonds is 3. The summed E-state index contributed by atoms with van der Waals surface area (Å²) in [5.74, 6) is 0.351. The smallest absolute Gasteiger partial charge is 0.409 e. The van der Waals surface area contributed by atoms with Crippen LogP contribution in [0.25, 0.3) is 0 Å². The standard InChI is InChI=1S/C10H11F3N2OS/c1-2-17-8-4-3-6(10(11,12)13)5-7(8)9(14)15-16/h3-5,16H,2H2,1H3,(H2,14,15). The van der Waals surface area contributed by atoms with Crippen LogP contribution in [-0.4, -0.2) is 16.8 Å². The maximum absolute atomic E-state index is 12.5. The van der Waals surface area contributed by atoms with E-state index in [1.165, 1.54) is 17.8 Å². The molecule has 0 atom stereocenters. The van der Waals surface area contributed by atoms with Crippen molar-refractivity contribution in [3.63, 3.8) is 0 Å². The van der Waals surface area contributed by atoms with Crippen LogP contribution >= 0.6 is 11.8 Å². The maximum Gasteiger partial charge on any atom is 0.416 e. The van der Waals surface area contributed by atoms with Gasteiger partial charge in [0.15, 0.2) is 5.84 Å². The van der Waals surface area contributed by atoms with Gasteiger partial charge in [-0.3, -0.25) is 0 Å². The quantitative estimate of drug-likeness (QED) is 0.290. The van der Waals surface area contributed by atoms with E-state index in [0.29, 0.717) is 10.6 Å². The Labute approximate surface area is 100 Å². The molecule has 0 aromatic heterocycles. The fourth-order valence-electron chi connectivity index (χ4n) is 1.24. The van der Waals surface area contributed by atoms with Crippen molar-refractivity contribution >= 4 is 17.6 Å². The van der Waals surface area contributed by atoms with Gasteiger partial charge in [-0.05, 0) is 24.0 Å². The highest BCUT2D eigenvalue weighted by molar-refractivity contribution is 7.99. The third-order valence-corrected chi connectivity index (χ3v) is 2.95. The second-order valence-electron chi connectivity index (χ2n) is 3.13. The number of thioether (sulfide) groups is 1. The molecule has 1 rings (SSSR count). The van der Waals surface area contributed by atoms with E-state index in [0.717, 1.165) is 12.1 Å². The average molecular weight is 264 g/mol. The Bertz CT molecular complexity index is 432. The second kappa shape index (κ2) is 5.31. The maximum atomic E-state index is 12.5. The lowest BCUT2D eigenvalue weighted by Gasteiger charge is -2.11. The van der Waals surface area contributed by atoms with Gasteiger partial charge in [-0.2, -0.15) is 13.2 Å². The van der Waals surface area contributed by atoms with Crippen molar-refractivity contribution in [2.75, 3.05) is 5.75 Å². The topological polar surface area (TPSA) is 58.6 Å². The number of hydrogen-bond donors (Lipinski definition) is 2. The molecule has 0 bridgehead atoms. The molecule has 0 amide bonds. The van der Waals surface area contributed by atoms with Crippen molar-refractivity contribution in [2.45, 2.75) is 18.0 Å². The number of halogens is 3. The van der Waals surface area contributed by atoms with E-state index in [2.05, 4.69) is 5.16 Å². The van der Waals surface area contributed by atoms with Crippen molar-refractivity contribution in [1.29, 1.82) is 0 Å². The Balaban J connectivity index is 3.29. The van der Waals surface area contributed by atoms with E-state index in [9.17, 15) is 13.2 Å². The molecule has 0 spiro atoms. The van der Waals surface area contributed by atoms with Gasteiger partial charge in [0.05, 0.1) is 5.56 Å². The highest BCUT2D eigenvalue weighted by Gasteiger charge is 2.31. The van der Waals surface area contributed by atoms with Crippen molar-refractivity contribution in [2.24, 2.45) is 10.9 Å². The fourth-order valence-corrected chi connectivity index (χ4v) is 2.04. The summed E-state index contributed by atoms with van der Waals surface area (Å²) in [4.78, 5) is 0.552. The lowest BCUT2D eigenvalue weighted by Crippen LogP contribution is -2.16. The van der Waals surface area contributed by atoms with E-state index >= 15 is 0 Å². The lowest BCUT2D eigenvalue weighted by molar-refractivity contribution is -0.137. The van der Waals surface area contributed by atoms with Crippen LogP contribution in [0.15, 0.2) is 28.3 Å². The molecule has 17 heavy (non-hydrogen) atoms. The zero-order chi connectivity index (χ0) is 13.1. The second-order valence-corrected chi connectivity index (χ2v) is 4.43. The van der Waals surface area contributed by atoms with Crippen molar-refractivity contribution in [1.82, 2.24) is 0 Å². The summed E-state index contributed by atoms with van der Waals surface area (Å²) in [5, 5.41) is 11.3. The first-order valence-electron chi connectivity index (χ1n) is 4.72. The lowest BCUT2D eigenvalue weighted by atomic mass is 10.1. The molecule has 1 aromatic carbocycles. The molecule has 0 saturated carbocycles. The van der Waals surface area contributed by atoms with Gasteiger partial charge in [-0.15, -0.1) is 11.8 Å². The fraction of sp³-hybridized carbons (Fsp3) is 0.300. The minimum atomic E-state index is -4.44. The normalized spacial score (nSPS) is 12.8. The van der Waals surface area contributed by atoms with Crippen LogP contribution < -0.4 is 5.73 Å². The number of hydrogen-bond acceptors (Lipinski definition) is 3. The minimum Gasteiger partial charge on any atom is -0.409 e. The van der Waals surface area contributed by atoms with Crippen molar-refractivity contribution in [3.05, 3.63) is 29.3 Å². The summed E-state index contributed by atoms with van der Waals surface area (Å²) in [7, 11) is 0. The Morgan fingerprint density at radius 3 is 2.59 bits per heavy atom. The molecule has 0 aliphatic rings. The van der Waals surface area contributed by atoms with Crippen LogP contribution in [0, 0.1) is 0 Å². The zero-order valence-corrected chi connectivity index (χ0v) is 9.77. The number of benzene rings is 1. The highest BCUT2D eigenvalue weighted by atomic mass is 32.2. The first kappa shape index (κ1) is 13.7. The number of amidine groups is 1. The summed E-state index contributed by atoms with van der Waals surface area (Å²) < 4.78 is 37.5. The van der Waals surface area contributed by atoms with Crippen LogP contribution in [0.3, 0.4) is 0 Å². The average Bonchev–Trinajstić information content (AvgIpc) is 2.27. The first-order valence-corrected chi connectivity index (χ1v) is 5.70. The molecule has 3 nitrogen and oxygen atoms in total. The number of nitrogens with two attached hydrogens (primary N) is 1. The summed E-state index contributed by atoms with van der Waals surface area (Å²) in [5.41, 5.74) is 4.63. The summed E-state index contributed by atoms with van der Waals surface area (Å²) >= 11 is 1.33. The van der Waals surface area contributed by atoms with Crippen LogP contribution in [0.1, 0.15) is 18.1 Å². The van der Waals surface area contributed by atoms with Gasteiger partial charge >= 0.3 is 6.18 Å². The molecule has 1 aromatic rings. The van der Waals surface area contributed by atoms with Crippen molar-refractivity contribution in [3.8, 4) is 0 Å². The molecule has 94 valence electrons. The van der Waals surface area contributed by atoms with Gasteiger partial charge in [0.1, 0.15) is 0 Å². The summed E-state index contributed by atoms with van der Waals surface area (Å²) in [6.45, 7) is 1.86. The molecule has 0 heterocycles. The molecular formula is C10H11F3N2OS. The third-order valence-electron chi connectivity index (χ3n) is 1.99. The van der Waals surface area contributed by atoms with E-state index in [1.807, 2.05) is 6.92 Å². The SMILES string of the molecule is CCSc1ccc(C(F)(F)F)cc1/C(N)=N/O.